The molecule has 0 saturated heterocycles. The van der Waals surface area contributed by atoms with Gasteiger partial charge in [0.1, 0.15) is 5.82 Å². The molecule has 19 heavy (non-hydrogen) atoms. The van der Waals surface area contributed by atoms with Crippen LogP contribution < -0.4 is 11.1 Å². The number of hydrogen-bond donors (Lipinski definition) is 2. The van der Waals surface area contributed by atoms with E-state index >= 15 is 0 Å². The minimum absolute atomic E-state index is 0.0684. The largest absolute Gasteiger partial charge is 0.465 e. The van der Waals surface area contributed by atoms with Crippen molar-refractivity contribution in [2.24, 2.45) is 5.92 Å². The second-order valence-electron chi connectivity index (χ2n) is 4.60. The minimum atomic E-state index is -0.448. The van der Waals surface area contributed by atoms with Gasteiger partial charge in [-0.05, 0) is 12.0 Å². The third-order valence-corrected chi connectivity index (χ3v) is 2.82. The predicted molar refractivity (Wildman–Crippen MR) is 74.1 cm³/mol. The molecule has 106 valence electrons. The van der Waals surface area contributed by atoms with E-state index in [0.29, 0.717) is 23.8 Å². The number of ether oxygens (including phenoxy) is 2. The van der Waals surface area contributed by atoms with Gasteiger partial charge in [-0.25, -0.2) is 9.78 Å². The summed E-state index contributed by atoms with van der Waals surface area (Å²) in [6.45, 7) is 4.67. The maximum Gasteiger partial charge on any atom is 0.340 e. The van der Waals surface area contributed by atoms with E-state index in [9.17, 15) is 4.79 Å². The van der Waals surface area contributed by atoms with Crippen molar-refractivity contribution in [3.8, 4) is 0 Å². The number of pyridine rings is 1. The topological polar surface area (TPSA) is 86.5 Å². The number of esters is 1. The molecular weight excluding hydrogens is 246 g/mol. The second kappa shape index (κ2) is 6.94. The maximum absolute atomic E-state index is 11.7. The molecule has 0 amide bonds. The molecule has 0 spiro atoms. The standard InChI is InChI=1S/C13H21N3O3/c1-8(2)11(7-18-3)16-10-6-15-12(14)5-9(10)13(17)19-4/h5-6,8,11,16H,7H2,1-4H3,(H2,14,15). The van der Waals surface area contributed by atoms with Crippen LogP contribution in [0.3, 0.4) is 0 Å². The molecule has 1 atom stereocenters. The van der Waals surface area contributed by atoms with Crippen LogP contribution in [0.1, 0.15) is 24.2 Å². The summed E-state index contributed by atoms with van der Waals surface area (Å²) in [7, 11) is 2.97. The molecule has 0 aliphatic rings. The van der Waals surface area contributed by atoms with E-state index in [1.54, 1.807) is 7.11 Å². The summed E-state index contributed by atoms with van der Waals surface area (Å²) < 4.78 is 9.90. The van der Waals surface area contributed by atoms with Crippen LogP contribution in [0.4, 0.5) is 11.5 Å². The second-order valence-corrected chi connectivity index (χ2v) is 4.60. The van der Waals surface area contributed by atoms with E-state index in [-0.39, 0.29) is 11.9 Å². The average Bonchev–Trinajstić information content (AvgIpc) is 2.38. The Morgan fingerprint density at radius 1 is 1.47 bits per heavy atom. The number of rotatable bonds is 6. The van der Waals surface area contributed by atoms with Crippen molar-refractivity contribution >= 4 is 17.5 Å². The summed E-state index contributed by atoms with van der Waals surface area (Å²) in [6, 6.07) is 1.57. The number of aromatic nitrogens is 1. The lowest BCUT2D eigenvalue weighted by Crippen LogP contribution is -2.31. The number of hydrogen-bond acceptors (Lipinski definition) is 6. The maximum atomic E-state index is 11.7. The zero-order chi connectivity index (χ0) is 14.4. The van der Waals surface area contributed by atoms with Crippen molar-refractivity contribution in [1.29, 1.82) is 0 Å². The Morgan fingerprint density at radius 2 is 2.16 bits per heavy atom. The highest BCUT2D eigenvalue weighted by molar-refractivity contribution is 5.96. The number of nitrogens with two attached hydrogens (primary N) is 1. The van der Waals surface area contributed by atoms with Gasteiger partial charge < -0.3 is 20.5 Å². The van der Waals surface area contributed by atoms with Gasteiger partial charge in [0, 0.05) is 7.11 Å². The van der Waals surface area contributed by atoms with Crippen molar-refractivity contribution in [1.82, 2.24) is 4.98 Å². The first-order chi connectivity index (χ1) is 8.99. The monoisotopic (exact) mass is 267 g/mol. The summed E-state index contributed by atoms with van der Waals surface area (Å²) >= 11 is 0. The number of nitrogens with one attached hydrogen (secondary N) is 1. The number of anilines is 2. The van der Waals surface area contributed by atoms with Crippen LogP contribution in [0, 0.1) is 5.92 Å². The Morgan fingerprint density at radius 3 is 2.68 bits per heavy atom. The van der Waals surface area contributed by atoms with Crippen molar-refractivity contribution < 1.29 is 14.3 Å². The van der Waals surface area contributed by atoms with Gasteiger partial charge in [-0.15, -0.1) is 0 Å². The Labute approximate surface area is 113 Å². The zero-order valence-corrected chi connectivity index (χ0v) is 11.8. The van der Waals surface area contributed by atoms with E-state index in [1.807, 2.05) is 0 Å². The fraction of sp³-hybridized carbons (Fsp3) is 0.538. The molecule has 6 nitrogen and oxygen atoms in total. The van der Waals surface area contributed by atoms with Crippen LogP contribution in [0.5, 0.6) is 0 Å². The van der Waals surface area contributed by atoms with E-state index in [0.717, 1.165) is 0 Å². The molecule has 1 unspecified atom stereocenters. The lowest BCUT2D eigenvalue weighted by atomic mass is 10.0. The minimum Gasteiger partial charge on any atom is -0.465 e. The Hall–Kier alpha value is -1.82. The summed E-state index contributed by atoms with van der Waals surface area (Å²) in [5.74, 6) is 0.165. The molecule has 3 N–H and O–H groups in total. The molecule has 0 radical (unpaired) electrons. The SMILES string of the molecule is COCC(Nc1cnc(N)cc1C(=O)OC)C(C)C. The Kier molecular flexibility index (Phi) is 5.57. The van der Waals surface area contributed by atoms with Crippen LogP contribution in [-0.4, -0.2) is 37.8 Å². The molecule has 0 fully saturated rings. The lowest BCUT2D eigenvalue weighted by Gasteiger charge is -2.23. The van der Waals surface area contributed by atoms with Gasteiger partial charge in [-0.3, -0.25) is 0 Å². The third kappa shape index (κ3) is 4.10. The van der Waals surface area contributed by atoms with Crippen LogP contribution in [0.2, 0.25) is 0 Å². The molecule has 1 heterocycles. The zero-order valence-electron chi connectivity index (χ0n) is 11.8. The summed E-state index contributed by atoms with van der Waals surface area (Å²) in [4.78, 5) is 15.7. The van der Waals surface area contributed by atoms with Crippen LogP contribution in [-0.2, 0) is 9.47 Å². The van der Waals surface area contributed by atoms with Crippen LogP contribution in [0.15, 0.2) is 12.3 Å². The van der Waals surface area contributed by atoms with Gasteiger partial charge >= 0.3 is 5.97 Å². The van der Waals surface area contributed by atoms with Gasteiger partial charge in [-0.2, -0.15) is 0 Å². The summed E-state index contributed by atoms with van der Waals surface area (Å²) in [5, 5.41) is 3.25. The molecule has 1 aromatic rings. The Balaban J connectivity index is 3.01. The van der Waals surface area contributed by atoms with Gasteiger partial charge in [-0.1, -0.05) is 13.8 Å². The van der Waals surface area contributed by atoms with Gasteiger partial charge in [0.15, 0.2) is 0 Å². The van der Waals surface area contributed by atoms with Crippen molar-refractivity contribution in [3.63, 3.8) is 0 Å². The fourth-order valence-corrected chi connectivity index (χ4v) is 1.65. The first kappa shape index (κ1) is 15.2. The van der Waals surface area contributed by atoms with Gasteiger partial charge in [0.25, 0.3) is 0 Å². The van der Waals surface area contributed by atoms with E-state index in [4.69, 9.17) is 15.2 Å². The fourth-order valence-electron chi connectivity index (χ4n) is 1.65. The van der Waals surface area contributed by atoms with Crippen LogP contribution >= 0.6 is 0 Å². The first-order valence-electron chi connectivity index (χ1n) is 6.08. The number of methoxy groups -OCH3 is 2. The van der Waals surface area contributed by atoms with E-state index in [2.05, 4.69) is 24.1 Å². The molecule has 0 aliphatic carbocycles. The van der Waals surface area contributed by atoms with E-state index < -0.39 is 5.97 Å². The average molecular weight is 267 g/mol. The van der Waals surface area contributed by atoms with Gasteiger partial charge in [0.05, 0.1) is 37.2 Å². The normalized spacial score (nSPS) is 12.3. The van der Waals surface area contributed by atoms with Crippen molar-refractivity contribution in [3.05, 3.63) is 17.8 Å². The van der Waals surface area contributed by atoms with Gasteiger partial charge in [0.2, 0.25) is 0 Å². The van der Waals surface area contributed by atoms with E-state index in [1.165, 1.54) is 19.4 Å². The molecule has 0 aliphatic heterocycles. The molecule has 1 aromatic heterocycles. The Bertz CT molecular complexity index is 435. The quantitative estimate of drug-likeness (QED) is 0.760. The first-order valence-corrected chi connectivity index (χ1v) is 6.08. The molecule has 0 bridgehead atoms. The summed E-state index contributed by atoms with van der Waals surface area (Å²) in [5.41, 5.74) is 6.56. The van der Waals surface area contributed by atoms with Crippen molar-refractivity contribution in [2.75, 3.05) is 31.9 Å². The number of nitrogen functional groups attached to an aromatic ring is 1. The highest BCUT2D eigenvalue weighted by Crippen LogP contribution is 2.20. The highest BCUT2D eigenvalue weighted by Gasteiger charge is 2.18. The smallest absolute Gasteiger partial charge is 0.340 e. The number of carbonyl (C=O) groups excluding carboxylic acids is 1. The van der Waals surface area contributed by atoms with Crippen molar-refractivity contribution in [2.45, 2.75) is 19.9 Å². The third-order valence-electron chi connectivity index (χ3n) is 2.82. The number of carbonyl (C=O) groups is 1. The number of nitrogens with zero attached hydrogens (tertiary/aromatic N) is 1. The predicted octanol–water partition coefficient (Wildman–Crippen LogP) is 1.53. The molecule has 6 heteroatoms. The molecular formula is C13H21N3O3. The molecule has 1 rings (SSSR count). The molecule has 0 saturated carbocycles. The highest BCUT2D eigenvalue weighted by atomic mass is 16.5. The lowest BCUT2D eigenvalue weighted by molar-refractivity contribution is 0.0601. The summed E-state index contributed by atoms with van der Waals surface area (Å²) in [6.07, 6.45) is 1.53. The van der Waals surface area contributed by atoms with Crippen LogP contribution in [0.25, 0.3) is 0 Å². The molecule has 0 aromatic carbocycles.